The van der Waals surface area contributed by atoms with Crippen LogP contribution in [0, 0.1) is 5.92 Å². The van der Waals surface area contributed by atoms with E-state index in [1.165, 1.54) is 6.26 Å². The molecule has 5 rings (SSSR count). The first kappa shape index (κ1) is 23.4. The van der Waals surface area contributed by atoms with E-state index < -0.39 is 0 Å². The van der Waals surface area contributed by atoms with Crippen molar-refractivity contribution in [3.05, 3.63) is 47.9 Å². The van der Waals surface area contributed by atoms with Gasteiger partial charge in [-0.3, -0.25) is 14.4 Å². The number of nitrogens with one attached hydrogen (secondary N) is 1. The molecule has 0 radical (unpaired) electrons. The Morgan fingerprint density at radius 1 is 0.886 bits per heavy atom. The van der Waals surface area contributed by atoms with Crippen LogP contribution in [-0.2, 0) is 9.53 Å². The van der Waals surface area contributed by atoms with E-state index in [4.69, 9.17) is 9.15 Å². The summed E-state index contributed by atoms with van der Waals surface area (Å²) in [6.07, 6.45) is 5.74. The molecule has 0 spiro atoms. The molecule has 2 aromatic rings. The van der Waals surface area contributed by atoms with Gasteiger partial charge < -0.3 is 29.2 Å². The summed E-state index contributed by atoms with van der Waals surface area (Å²) >= 11 is 0. The van der Waals surface area contributed by atoms with E-state index in [0.29, 0.717) is 63.7 Å². The van der Waals surface area contributed by atoms with E-state index in [0.717, 1.165) is 31.4 Å². The van der Waals surface area contributed by atoms with Gasteiger partial charge in [-0.15, -0.1) is 0 Å². The van der Waals surface area contributed by atoms with Gasteiger partial charge in [0.05, 0.1) is 25.0 Å². The first-order chi connectivity index (χ1) is 17.1. The van der Waals surface area contributed by atoms with Crippen LogP contribution in [0.2, 0.25) is 0 Å². The Hall–Kier alpha value is -3.33. The summed E-state index contributed by atoms with van der Waals surface area (Å²) in [6.45, 7) is 4.72. The number of hydrogen-bond acceptors (Lipinski definition) is 6. The Bertz CT molecular complexity index is 1050. The maximum Gasteiger partial charge on any atom is 0.291 e. The van der Waals surface area contributed by atoms with Crippen LogP contribution in [0.25, 0.3) is 0 Å². The topological polar surface area (TPSA) is 95.3 Å². The number of carbonyl (C=O) groups excluding carboxylic acids is 3. The van der Waals surface area contributed by atoms with Gasteiger partial charge in [0.1, 0.15) is 0 Å². The third-order valence-electron chi connectivity index (χ3n) is 7.16. The third-order valence-corrected chi connectivity index (χ3v) is 7.16. The van der Waals surface area contributed by atoms with Crippen LogP contribution in [0.1, 0.15) is 46.6 Å². The summed E-state index contributed by atoms with van der Waals surface area (Å²) in [4.78, 5) is 44.8. The molecule has 2 aliphatic heterocycles. The quantitative estimate of drug-likeness (QED) is 0.707. The second kappa shape index (κ2) is 10.5. The lowest BCUT2D eigenvalue weighted by Gasteiger charge is -2.38. The molecule has 3 heterocycles. The summed E-state index contributed by atoms with van der Waals surface area (Å²) in [5.41, 5.74) is 1.90. The van der Waals surface area contributed by atoms with Gasteiger partial charge in [-0.1, -0.05) is 12.8 Å². The van der Waals surface area contributed by atoms with E-state index in [-0.39, 0.29) is 29.4 Å². The zero-order valence-corrected chi connectivity index (χ0v) is 19.9. The molecule has 186 valence electrons. The van der Waals surface area contributed by atoms with E-state index in [9.17, 15) is 14.4 Å². The first-order valence-electron chi connectivity index (χ1n) is 12.5. The van der Waals surface area contributed by atoms with E-state index >= 15 is 0 Å². The molecule has 9 nitrogen and oxygen atoms in total. The number of piperazine rings is 1. The van der Waals surface area contributed by atoms with Gasteiger partial charge in [0.2, 0.25) is 5.91 Å². The van der Waals surface area contributed by atoms with Gasteiger partial charge in [-0.25, -0.2) is 0 Å². The van der Waals surface area contributed by atoms with Crippen molar-refractivity contribution in [3.63, 3.8) is 0 Å². The highest BCUT2D eigenvalue weighted by atomic mass is 16.5. The van der Waals surface area contributed by atoms with Crippen molar-refractivity contribution in [3.8, 4) is 0 Å². The molecule has 0 bridgehead atoms. The van der Waals surface area contributed by atoms with E-state index in [2.05, 4.69) is 10.2 Å². The molecule has 0 atom stereocenters. The van der Waals surface area contributed by atoms with Crippen molar-refractivity contribution in [2.75, 3.05) is 62.7 Å². The second-order valence-electron chi connectivity index (χ2n) is 9.36. The minimum Gasteiger partial charge on any atom is -0.459 e. The van der Waals surface area contributed by atoms with Gasteiger partial charge in [-0.2, -0.15) is 0 Å². The predicted octanol–water partition coefficient (Wildman–Crippen LogP) is 2.84. The average Bonchev–Trinajstić information content (AvgIpc) is 3.64. The Balaban J connectivity index is 1.34. The number of hydrogen-bond donors (Lipinski definition) is 1. The van der Waals surface area contributed by atoms with Crippen molar-refractivity contribution in [1.29, 1.82) is 0 Å². The molecule has 1 N–H and O–H groups in total. The Kier molecular flexibility index (Phi) is 7.03. The number of carbonyl (C=O) groups is 3. The fourth-order valence-electron chi connectivity index (χ4n) is 5.20. The molecule has 35 heavy (non-hydrogen) atoms. The number of rotatable bonds is 5. The zero-order valence-electron chi connectivity index (χ0n) is 19.9. The zero-order chi connectivity index (χ0) is 24.2. The highest BCUT2D eigenvalue weighted by molar-refractivity contribution is 6.05. The normalized spacial score (nSPS) is 19.1. The number of ether oxygens (including phenoxy) is 1. The molecule has 1 saturated carbocycles. The van der Waals surface area contributed by atoms with Crippen LogP contribution in [0.15, 0.2) is 41.0 Å². The van der Waals surface area contributed by atoms with Crippen molar-refractivity contribution >= 4 is 29.1 Å². The van der Waals surface area contributed by atoms with Gasteiger partial charge in [0, 0.05) is 56.6 Å². The first-order valence-corrected chi connectivity index (χ1v) is 12.5. The predicted molar refractivity (Wildman–Crippen MR) is 131 cm³/mol. The molecular weight excluding hydrogens is 448 g/mol. The number of furan rings is 1. The third kappa shape index (κ3) is 5.19. The van der Waals surface area contributed by atoms with Crippen LogP contribution in [-0.4, -0.2) is 80.0 Å². The van der Waals surface area contributed by atoms with Crippen molar-refractivity contribution in [2.24, 2.45) is 5.92 Å². The Morgan fingerprint density at radius 3 is 2.31 bits per heavy atom. The molecule has 0 unspecified atom stereocenters. The van der Waals surface area contributed by atoms with E-state index in [1.807, 2.05) is 17.0 Å². The molecular formula is C26H32N4O5. The highest BCUT2D eigenvalue weighted by Crippen LogP contribution is 2.30. The van der Waals surface area contributed by atoms with Gasteiger partial charge in [0.25, 0.3) is 11.8 Å². The largest absolute Gasteiger partial charge is 0.459 e. The standard InChI is InChI=1S/C26H32N4O5/c31-24(23-6-3-15-35-23)27-20-7-8-22(21(18-20)26(33)30-13-16-34-17-14-30)28-9-11-29(12-10-28)25(32)19-4-1-2-5-19/h3,6-8,15,18-19H,1-2,4-5,9-14,16-17H2,(H,27,31). The minimum absolute atomic E-state index is 0.0816. The van der Waals surface area contributed by atoms with Crippen molar-refractivity contribution in [2.45, 2.75) is 25.7 Å². The maximum atomic E-state index is 13.5. The number of morpholine rings is 1. The summed E-state index contributed by atoms with van der Waals surface area (Å²) in [5, 5.41) is 2.83. The molecule has 3 fully saturated rings. The number of anilines is 2. The highest BCUT2D eigenvalue weighted by Gasteiger charge is 2.31. The van der Waals surface area contributed by atoms with Gasteiger partial charge in [0.15, 0.2) is 5.76 Å². The molecule has 2 saturated heterocycles. The monoisotopic (exact) mass is 480 g/mol. The fourth-order valence-corrected chi connectivity index (χ4v) is 5.20. The number of nitrogens with zero attached hydrogens (tertiary/aromatic N) is 3. The van der Waals surface area contributed by atoms with E-state index in [1.54, 1.807) is 23.1 Å². The Morgan fingerprint density at radius 2 is 1.63 bits per heavy atom. The average molecular weight is 481 g/mol. The van der Waals surface area contributed by atoms with Crippen molar-refractivity contribution < 1.29 is 23.5 Å². The fraction of sp³-hybridized carbons (Fsp3) is 0.500. The summed E-state index contributed by atoms with van der Waals surface area (Å²) in [5.74, 6) is 0.214. The molecule has 1 aliphatic carbocycles. The lowest BCUT2D eigenvalue weighted by atomic mass is 10.1. The summed E-state index contributed by atoms with van der Waals surface area (Å²) in [6, 6.07) is 8.69. The van der Waals surface area contributed by atoms with Gasteiger partial charge >= 0.3 is 0 Å². The molecule has 3 aliphatic rings. The second-order valence-corrected chi connectivity index (χ2v) is 9.36. The van der Waals surface area contributed by atoms with Crippen LogP contribution in [0.5, 0.6) is 0 Å². The summed E-state index contributed by atoms with van der Waals surface area (Å²) in [7, 11) is 0. The molecule has 3 amide bonds. The number of amides is 3. The molecule has 1 aromatic heterocycles. The lowest BCUT2D eigenvalue weighted by molar-refractivity contribution is -0.135. The summed E-state index contributed by atoms with van der Waals surface area (Å²) < 4.78 is 10.6. The smallest absolute Gasteiger partial charge is 0.291 e. The SMILES string of the molecule is O=C(Nc1ccc(N2CCN(C(=O)C3CCCC3)CC2)c(C(=O)N2CCOCC2)c1)c1ccco1. The van der Waals surface area contributed by atoms with Crippen LogP contribution < -0.4 is 10.2 Å². The maximum absolute atomic E-state index is 13.5. The van der Waals surface area contributed by atoms with Gasteiger partial charge in [-0.05, 0) is 43.2 Å². The Labute approximate surface area is 205 Å². The van der Waals surface area contributed by atoms with Crippen LogP contribution in [0.4, 0.5) is 11.4 Å². The lowest BCUT2D eigenvalue weighted by Crippen LogP contribution is -2.50. The minimum atomic E-state index is -0.369. The number of benzene rings is 1. The van der Waals surface area contributed by atoms with Crippen LogP contribution in [0.3, 0.4) is 0 Å². The molecule has 1 aromatic carbocycles. The molecule has 9 heteroatoms. The van der Waals surface area contributed by atoms with Crippen molar-refractivity contribution in [1.82, 2.24) is 9.80 Å². The van der Waals surface area contributed by atoms with Crippen LogP contribution >= 0.6 is 0 Å².